The molecule has 7 bridgehead atoms. The standard InChI is InChI=1S/C36H44ClN3O7S/c1-4-25-27-19-40-20-36(13-5-7-23-15-29(37)26(27)17-28(23)36)21-45-32-12-11-24(16-30(32)40)48(43,44)39-33(41)35(2,3)46-14-6-8-31(25)47-34(42)38-18-22-9-10-22/h6,8,11-12,15-17,22,25,27,31H,4-5,7,9-10,13-14,18-21H2,1-3H3,(H,38,42)(H,39,41)/b8-6+/t25-,27+,31+,36+/m1/s1. The summed E-state index contributed by atoms with van der Waals surface area (Å²) in [5.74, 6) is -0.124. The molecule has 258 valence electrons. The molecule has 12 heteroatoms. The van der Waals surface area contributed by atoms with Gasteiger partial charge in [-0.3, -0.25) is 4.79 Å². The number of sulfonamides is 1. The summed E-state index contributed by atoms with van der Waals surface area (Å²) < 4.78 is 48.1. The predicted molar refractivity (Wildman–Crippen MR) is 182 cm³/mol. The first-order chi connectivity index (χ1) is 22.9. The molecule has 2 aromatic carbocycles. The second-order valence-corrected chi connectivity index (χ2v) is 16.6. The highest BCUT2D eigenvalue weighted by molar-refractivity contribution is 7.90. The molecule has 10 nitrogen and oxygen atoms in total. The zero-order valence-electron chi connectivity index (χ0n) is 27.7. The van der Waals surface area contributed by atoms with Crippen LogP contribution in [-0.4, -0.2) is 65.0 Å². The number of hydrogen-bond acceptors (Lipinski definition) is 8. The normalized spacial score (nSPS) is 29.5. The first kappa shape index (κ1) is 33.2. The highest BCUT2D eigenvalue weighted by atomic mass is 35.5. The van der Waals surface area contributed by atoms with E-state index < -0.39 is 33.7 Å². The van der Waals surface area contributed by atoms with Gasteiger partial charge in [-0.15, -0.1) is 0 Å². The van der Waals surface area contributed by atoms with Gasteiger partial charge in [-0.1, -0.05) is 30.7 Å². The minimum absolute atomic E-state index is 0.00441. The number of alkyl carbamates (subject to hydrolysis) is 1. The molecule has 2 aliphatic carbocycles. The number of halogens is 1. The molecule has 0 saturated heterocycles. The van der Waals surface area contributed by atoms with Crippen LogP contribution in [0, 0.1) is 11.8 Å². The van der Waals surface area contributed by atoms with E-state index in [1.165, 1.54) is 31.0 Å². The molecule has 2 N–H and O–H groups in total. The summed E-state index contributed by atoms with van der Waals surface area (Å²) in [6.45, 7) is 7.23. The number of nitrogens with one attached hydrogen (secondary N) is 2. The van der Waals surface area contributed by atoms with E-state index in [0.717, 1.165) is 37.7 Å². The largest absolute Gasteiger partial charge is 0.490 e. The lowest BCUT2D eigenvalue weighted by Crippen LogP contribution is -2.49. The summed E-state index contributed by atoms with van der Waals surface area (Å²) in [5, 5.41) is 3.62. The lowest BCUT2D eigenvalue weighted by atomic mass is 9.67. The maximum Gasteiger partial charge on any atom is 0.407 e. The first-order valence-corrected chi connectivity index (χ1v) is 18.9. The molecule has 4 atom stereocenters. The van der Waals surface area contributed by atoms with Gasteiger partial charge in [0.1, 0.15) is 17.5 Å². The van der Waals surface area contributed by atoms with Gasteiger partial charge >= 0.3 is 6.09 Å². The molecule has 3 aliphatic heterocycles. The molecule has 5 aliphatic rings. The third-order valence-corrected chi connectivity index (χ3v) is 12.5. The smallest absolute Gasteiger partial charge is 0.407 e. The van der Waals surface area contributed by atoms with E-state index in [9.17, 15) is 18.0 Å². The van der Waals surface area contributed by atoms with Crippen molar-refractivity contribution in [1.82, 2.24) is 10.0 Å². The number of carbonyl (C=O) groups is 2. The molecule has 7 rings (SSSR count). The third-order valence-electron chi connectivity index (χ3n) is 10.8. The Morgan fingerprint density at radius 2 is 2.02 bits per heavy atom. The Morgan fingerprint density at radius 1 is 1.21 bits per heavy atom. The van der Waals surface area contributed by atoms with E-state index in [2.05, 4.69) is 34.0 Å². The monoisotopic (exact) mass is 697 g/mol. The van der Waals surface area contributed by atoms with E-state index >= 15 is 0 Å². The predicted octanol–water partition coefficient (Wildman–Crippen LogP) is 5.61. The van der Waals surface area contributed by atoms with Gasteiger partial charge in [-0.05, 0) is 105 Å². The van der Waals surface area contributed by atoms with Gasteiger partial charge in [0.2, 0.25) is 0 Å². The Bertz CT molecular complexity index is 1760. The molecule has 1 fully saturated rings. The summed E-state index contributed by atoms with van der Waals surface area (Å²) in [4.78, 5) is 28.6. The molecule has 1 spiro atoms. The zero-order valence-corrected chi connectivity index (χ0v) is 29.3. The average molecular weight is 698 g/mol. The number of amides is 2. The molecule has 0 radical (unpaired) electrons. The van der Waals surface area contributed by atoms with Crippen molar-refractivity contribution in [2.75, 3.05) is 37.7 Å². The number of carbonyl (C=O) groups excluding carboxylic acids is 2. The molecule has 1 saturated carbocycles. The molecule has 2 aromatic rings. The van der Waals surface area contributed by atoms with Crippen LogP contribution in [0.4, 0.5) is 10.5 Å². The van der Waals surface area contributed by atoms with E-state index in [1.807, 2.05) is 6.08 Å². The zero-order chi connectivity index (χ0) is 33.8. The van der Waals surface area contributed by atoms with Crippen molar-refractivity contribution >= 4 is 39.3 Å². The van der Waals surface area contributed by atoms with Crippen LogP contribution in [0.5, 0.6) is 5.75 Å². The van der Waals surface area contributed by atoms with Crippen LogP contribution in [0.25, 0.3) is 0 Å². The number of ether oxygens (including phenoxy) is 3. The van der Waals surface area contributed by atoms with Crippen LogP contribution < -0.4 is 19.7 Å². The summed E-state index contributed by atoms with van der Waals surface area (Å²) in [6, 6.07) is 9.14. The van der Waals surface area contributed by atoms with Crippen molar-refractivity contribution in [1.29, 1.82) is 0 Å². The summed E-state index contributed by atoms with van der Waals surface area (Å²) in [5.41, 5.74) is 2.24. The van der Waals surface area contributed by atoms with E-state index in [0.29, 0.717) is 55.0 Å². The minimum Gasteiger partial charge on any atom is -0.490 e. The second-order valence-electron chi connectivity index (χ2n) is 14.5. The van der Waals surface area contributed by atoms with Crippen LogP contribution >= 0.6 is 11.6 Å². The Balaban J connectivity index is 1.39. The molecule has 0 aromatic heterocycles. The van der Waals surface area contributed by atoms with Crippen molar-refractivity contribution < 1.29 is 32.2 Å². The van der Waals surface area contributed by atoms with E-state index in [-0.39, 0.29) is 28.8 Å². The lowest BCUT2D eigenvalue weighted by molar-refractivity contribution is -0.139. The van der Waals surface area contributed by atoms with E-state index in [4.69, 9.17) is 25.8 Å². The van der Waals surface area contributed by atoms with Crippen LogP contribution in [0.2, 0.25) is 5.02 Å². The Labute approximate surface area is 287 Å². The van der Waals surface area contributed by atoms with Crippen LogP contribution in [-0.2, 0) is 36.1 Å². The average Bonchev–Trinajstić information content (AvgIpc) is 3.88. The molecule has 3 heterocycles. The van der Waals surface area contributed by atoms with Crippen LogP contribution in [0.3, 0.4) is 0 Å². The molecule has 0 unspecified atom stereocenters. The number of rotatable bonds is 4. The third kappa shape index (κ3) is 6.29. The van der Waals surface area contributed by atoms with Gasteiger partial charge in [0, 0.05) is 41.9 Å². The van der Waals surface area contributed by atoms with Gasteiger partial charge in [0.15, 0.2) is 0 Å². The van der Waals surface area contributed by atoms with Crippen molar-refractivity contribution in [3.05, 3.63) is 64.2 Å². The Hall–Kier alpha value is -3.28. The number of fused-ring (bicyclic) bond motifs is 4. The quantitative estimate of drug-likeness (QED) is 0.396. The maximum atomic E-state index is 13.6. The molecule has 2 amide bonds. The first-order valence-electron chi connectivity index (χ1n) is 17.1. The number of anilines is 1. The number of benzene rings is 2. The topological polar surface area (TPSA) is 123 Å². The number of nitrogens with zero attached hydrogens (tertiary/aromatic N) is 1. The van der Waals surface area contributed by atoms with Crippen molar-refractivity contribution in [3.8, 4) is 5.75 Å². The highest BCUT2D eigenvalue weighted by Gasteiger charge is 2.46. The van der Waals surface area contributed by atoms with Gasteiger partial charge < -0.3 is 24.4 Å². The fraction of sp³-hybridized carbons (Fsp3) is 0.556. The van der Waals surface area contributed by atoms with Gasteiger partial charge in [0.05, 0.1) is 23.8 Å². The number of aryl methyl sites for hydroxylation is 1. The van der Waals surface area contributed by atoms with Gasteiger partial charge in [0.25, 0.3) is 15.9 Å². The van der Waals surface area contributed by atoms with Gasteiger partial charge in [-0.25, -0.2) is 17.9 Å². The van der Waals surface area contributed by atoms with Crippen molar-refractivity contribution in [2.45, 2.75) is 87.2 Å². The molecular formula is C36H44ClN3O7S. The van der Waals surface area contributed by atoms with Crippen molar-refractivity contribution in [2.24, 2.45) is 11.8 Å². The maximum absolute atomic E-state index is 13.6. The van der Waals surface area contributed by atoms with Crippen molar-refractivity contribution in [3.63, 3.8) is 0 Å². The second kappa shape index (κ2) is 12.6. The summed E-state index contributed by atoms with van der Waals surface area (Å²) >= 11 is 7.16. The number of hydrogen-bond donors (Lipinski definition) is 2. The lowest BCUT2D eigenvalue weighted by Gasteiger charge is -2.45. The van der Waals surface area contributed by atoms with Gasteiger partial charge in [-0.2, -0.15) is 0 Å². The van der Waals surface area contributed by atoms with E-state index in [1.54, 1.807) is 18.2 Å². The van der Waals surface area contributed by atoms with Crippen LogP contribution in [0.15, 0.2) is 47.4 Å². The molecule has 48 heavy (non-hydrogen) atoms. The Morgan fingerprint density at radius 3 is 2.79 bits per heavy atom. The fourth-order valence-electron chi connectivity index (χ4n) is 7.84. The Kier molecular flexibility index (Phi) is 8.69. The SMILES string of the molecule is CC[C@H]1[C@@H](OC(=O)NCC2CC2)/C=C/COC(C)(C)C(=O)NS(=O)(=O)c2ccc3c(c2)N2C[C@@H]1c1cc4c(cc1Cl)CCC[C@@]4(CO3)C2. The highest BCUT2D eigenvalue weighted by Crippen LogP contribution is 2.50. The summed E-state index contributed by atoms with van der Waals surface area (Å²) in [7, 11) is -4.24. The fourth-order valence-corrected chi connectivity index (χ4v) is 9.29. The molecular weight excluding hydrogens is 654 g/mol. The summed E-state index contributed by atoms with van der Waals surface area (Å²) in [6.07, 6.45) is 8.13. The minimum atomic E-state index is -4.24. The van der Waals surface area contributed by atoms with Crippen LogP contribution in [0.1, 0.15) is 75.5 Å².